The molecule has 0 fully saturated rings. The van der Waals surface area contributed by atoms with Gasteiger partial charge < -0.3 is 0 Å². The number of hydrogen-bond acceptors (Lipinski definition) is 4. The summed E-state index contributed by atoms with van der Waals surface area (Å²) in [4.78, 5) is 17.8. The minimum atomic E-state index is 0.615. The van der Waals surface area contributed by atoms with Crippen LogP contribution in [0.5, 0.6) is 0 Å². The Kier molecular flexibility index (Phi) is 3.02. The van der Waals surface area contributed by atoms with Crippen molar-refractivity contribution in [2.75, 3.05) is 0 Å². The molecule has 2 heterocycles. The molecule has 0 bridgehead atoms. The average molecular weight is 310 g/mol. The van der Waals surface area contributed by atoms with Gasteiger partial charge >= 0.3 is 0 Å². The summed E-state index contributed by atoms with van der Waals surface area (Å²) in [5, 5.41) is 5.09. The van der Waals surface area contributed by atoms with Crippen LogP contribution in [0.1, 0.15) is 10.5 Å². The van der Waals surface area contributed by atoms with E-state index in [1.165, 1.54) is 33.9 Å². The molecule has 0 radical (unpaired) electrons. The molecule has 0 spiro atoms. The maximum atomic E-state index is 11.3. The lowest BCUT2D eigenvalue weighted by molar-refractivity contribution is 0.111. The number of benzene rings is 2. The third-order valence-electron chi connectivity index (χ3n) is 3.31. The van der Waals surface area contributed by atoms with Gasteiger partial charge in [-0.05, 0) is 22.9 Å². The highest BCUT2D eigenvalue weighted by Gasteiger charge is 2.13. The molecule has 4 rings (SSSR count). The Morgan fingerprint density at radius 3 is 2.86 bits per heavy atom. The summed E-state index contributed by atoms with van der Waals surface area (Å²) in [6.45, 7) is 0. The highest BCUT2D eigenvalue weighted by atomic mass is 32.2. The third-order valence-corrected chi connectivity index (χ3v) is 5.05. The minimum Gasteiger partial charge on any atom is -0.296 e. The first-order chi connectivity index (χ1) is 10.3. The normalized spacial score (nSPS) is 11.2. The Hall–Kier alpha value is -2.11. The maximum absolute atomic E-state index is 11.3. The molecular weight excluding hydrogens is 300 g/mol. The summed E-state index contributed by atoms with van der Waals surface area (Å²) in [5.74, 6) is 0. The summed E-state index contributed by atoms with van der Waals surface area (Å²) >= 11 is 3.06. The van der Waals surface area contributed by atoms with E-state index in [-0.39, 0.29) is 0 Å². The van der Waals surface area contributed by atoms with Crippen molar-refractivity contribution in [3.63, 3.8) is 0 Å². The second-order valence-electron chi connectivity index (χ2n) is 4.59. The summed E-state index contributed by atoms with van der Waals surface area (Å²) < 4.78 is 1.83. The van der Waals surface area contributed by atoms with Crippen LogP contribution in [0.3, 0.4) is 0 Å². The second kappa shape index (κ2) is 5.02. The van der Waals surface area contributed by atoms with Crippen molar-refractivity contribution in [3.8, 4) is 0 Å². The number of fused-ring (bicyclic) bond motifs is 2. The van der Waals surface area contributed by atoms with Gasteiger partial charge in [-0.2, -0.15) is 0 Å². The zero-order valence-electron chi connectivity index (χ0n) is 10.9. The topological polar surface area (TPSA) is 34.4 Å². The molecule has 2 aromatic carbocycles. The third kappa shape index (κ3) is 2.14. The molecule has 0 atom stereocenters. The molecule has 21 heavy (non-hydrogen) atoms. The predicted octanol–water partition coefficient (Wildman–Crippen LogP) is 4.51. The van der Waals surface area contributed by atoms with Crippen molar-refractivity contribution in [1.29, 1.82) is 0 Å². The fourth-order valence-corrected chi connectivity index (χ4v) is 4.02. The number of aldehydes is 1. The van der Waals surface area contributed by atoms with Gasteiger partial charge in [-0.15, -0.1) is 11.3 Å². The molecule has 0 unspecified atom stereocenters. The van der Waals surface area contributed by atoms with Gasteiger partial charge in [0.15, 0.2) is 11.2 Å². The molecule has 2 aromatic heterocycles. The van der Waals surface area contributed by atoms with E-state index >= 15 is 0 Å². The summed E-state index contributed by atoms with van der Waals surface area (Å²) in [6, 6.07) is 14.5. The first kappa shape index (κ1) is 12.6. The fraction of sp³-hybridized carbons (Fsp3) is 0. The van der Waals surface area contributed by atoms with E-state index < -0.39 is 0 Å². The Balaban J connectivity index is 1.78. The van der Waals surface area contributed by atoms with E-state index in [0.29, 0.717) is 5.69 Å². The SMILES string of the molecule is O=Cc1c(Sc2ccc3ccccc3c2)nc2sccn12. The van der Waals surface area contributed by atoms with E-state index in [0.717, 1.165) is 21.2 Å². The van der Waals surface area contributed by atoms with Crippen LogP contribution >= 0.6 is 23.1 Å². The molecule has 0 N–H and O–H groups in total. The number of thiazole rings is 1. The van der Waals surface area contributed by atoms with Crippen molar-refractivity contribution >= 4 is 45.1 Å². The Labute approximate surface area is 129 Å². The quantitative estimate of drug-likeness (QED) is 0.522. The number of hydrogen-bond donors (Lipinski definition) is 0. The van der Waals surface area contributed by atoms with Gasteiger partial charge in [-0.25, -0.2) is 4.98 Å². The molecule has 0 aliphatic carbocycles. The van der Waals surface area contributed by atoms with Crippen molar-refractivity contribution in [2.45, 2.75) is 9.92 Å². The molecule has 4 aromatic rings. The van der Waals surface area contributed by atoms with Crippen LogP contribution in [0, 0.1) is 0 Å². The van der Waals surface area contributed by atoms with Crippen molar-refractivity contribution < 1.29 is 4.79 Å². The first-order valence-electron chi connectivity index (χ1n) is 6.42. The molecule has 0 amide bonds. The average Bonchev–Trinajstić information content (AvgIpc) is 3.07. The van der Waals surface area contributed by atoms with Gasteiger partial charge in [0, 0.05) is 16.5 Å². The van der Waals surface area contributed by atoms with Crippen LogP contribution in [-0.4, -0.2) is 15.7 Å². The van der Waals surface area contributed by atoms with E-state index in [9.17, 15) is 4.79 Å². The summed E-state index contributed by atoms with van der Waals surface area (Å²) in [5.41, 5.74) is 0.615. The van der Waals surface area contributed by atoms with Crippen LogP contribution in [0.15, 0.2) is 64.0 Å². The molecule has 5 heteroatoms. The minimum absolute atomic E-state index is 0.615. The number of carbonyl (C=O) groups is 1. The van der Waals surface area contributed by atoms with Gasteiger partial charge in [0.05, 0.1) is 0 Å². The lowest BCUT2D eigenvalue weighted by Gasteiger charge is -2.02. The van der Waals surface area contributed by atoms with Gasteiger partial charge in [-0.1, -0.05) is 42.1 Å². The lowest BCUT2D eigenvalue weighted by atomic mass is 10.1. The highest BCUT2D eigenvalue weighted by Crippen LogP contribution is 2.32. The van der Waals surface area contributed by atoms with Crippen molar-refractivity contribution in [3.05, 3.63) is 59.7 Å². The molecule has 3 nitrogen and oxygen atoms in total. The zero-order chi connectivity index (χ0) is 14.2. The smallest absolute Gasteiger partial charge is 0.195 e. The Bertz CT molecular complexity index is 955. The Morgan fingerprint density at radius 2 is 2.00 bits per heavy atom. The first-order valence-corrected chi connectivity index (χ1v) is 8.12. The summed E-state index contributed by atoms with van der Waals surface area (Å²) in [7, 11) is 0. The van der Waals surface area contributed by atoms with Gasteiger partial charge in [0.2, 0.25) is 0 Å². The van der Waals surface area contributed by atoms with Gasteiger partial charge in [0.1, 0.15) is 10.7 Å². The van der Waals surface area contributed by atoms with Crippen LogP contribution in [0.2, 0.25) is 0 Å². The van der Waals surface area contributed by atoms with E-state index in [1.807, 2.05) is 28.1 Å². The zero-order valence-corrected chi connectivity index (χ0v) is 12.5. The van der Waals surface area contributed by atoms with Crippen LogP contribution in [0.25, 0.3) is 15.7 Å². The second-order valence-corrected chi connectivity index (χ2v) is 6.52. The molecule has 0 aliphatic rings. The number of rotatable bonds is 3. The number of imidazole rings is 1. The number of carbonyl (C=O) groups excluding carboxylic acids is 1. The molecule has 0 aliphatic heterocycles. The standard InChI is InChI=1S/C16H10N2OS2/c19-10-14-15(17-16-18(14)7-8-20-16)21-13-6-5-11-3-1-2-4-12(11)9-13/h1-10H. The number of nitrogens with zero attached hydrogens (tertiary/aromatic N) is 2. The van der Waals surface area contributed by atoms with Crippen LogP contribution < -0.4 is 0 Å². The highest BCUT2D eigenvalue weighted by molar-refractivity contribution is 7.99. The van der Waals surface area contributed by atoms with Gasteiger partial charge in [0.25, 0.3) is 0 Å². The largest absolute Gasteiger partial charge is 0.296 e. The maximum Gasteiger partial charge on any atom is 0.195 e. The summed E-state index contributed by atoms with van der Waals surface area (Å²) in [6.07, 6.45) is 2.75. The van der Waals surface area contributed by atoms with Crippen molar-refractivity contribution in [1.82, 2.24) is 9.38 Å². The van der Waals surface area contributed by atoms with Crippen LogP contribution in [0.4, 0.5) is 0 Å². The molecule has 0 saturated heterocycles. The number of aromatic nitrogens is 2. The predicted molar refractivity (Wildman–Crippen MR) is 86.5 cm³/mol. The van der Waals surface area contributed by atoms with E-state index in [2.05, 4.69) is 35.3 Å². The van der Waals surface area contributed by atoms with Crippen molar-refractivity contribution in [2.24, 2.45) is 0 Å². The van der Waals surface area contributed by atoms with Gasteiger partial charge in [-0.3, -0.25) is 9.20 Å². The van der Waals surface area contributed by atoms with Crippen LogP contribution in [-0.2, 0) is 0 Å². The monoisotopic (exact) mass is 310 g/mol. The lowest BCUT2D eigenvalue weighted by Crippen LogP contribution is -1.88. The fourth-order valence-electron chi connectivity index (χ4n) is 2.31. The molecular formula is C16H10N2OS2. The molecule has 0 saturated carbocycles. The van der Waals surface area contributed by atoms with E-state index in [1.54, 1.807) is 0 Å². The Morgan fingerprint density at radius 1 is 1.14 bits per heavy atom. The van der Waals surface area contributed by atoms with E-state index in [4.69, 9.17) is 0 Å². The molecule has 102 valence electrons.